The number of aromatic nitrogens is 1. The Bertz CT molecular complexity index is 599. The Labute approximate surface area is 107 Å². The lowest BCUT2D eigenvalue weighted by atomic mass is 10.1. The van der Waals surface area contributed by atoms with Crippen LogP contribution in [0.15, 0.2) is 18.2 Å². The summed E-state index contributed by atoms with van der Waals surface area (Å²) in [6.07, 6.45) is -2.05. The maximum absolute atomic E-state index is 13.6. The van der Waals surface area contributed by atoms with Crippen LogP contribution in [0.2, 0.25) is 0 Å². The number of rotatable bonds is 4. The van der Waals surface area contributed by atoms with Crippen molar-refractivity contribution in [3.05, 3.63) is 35.5 Å². The number of hydrogen-bond acceptors (Lipinski definition) is 2. The van der Waals surface area contributed by atoms with E-state index in [1.54, 1.807) is 0 Å². The lowest BCUT2D eigenvalue weighted by Gasteiger charge is -2.11. The van der Waals surface area contributed by atoms with Crippen LogP contribution in [0.25, 0.3) is 10.9 Å². The summed E-state index contributed by atoms with van der Waals surface area (Å²) < 4.78 is 52.3. The van der Waals surface area contributed by atoms with Gasteiger partial charge < -0.3 is 5.32 Å². The minimum absolute atomic E-state index is 0.162. The fraction of sp³-hybridized carbons (Fsp3) is 0.308. The SMILES string of the molecule is CCCNc1cc(C(F)F)nc2c(F)cc(F)cc12. The molecule has 102 valence electrons. The molecule has 1 heterocycles. The van der Waals surface area contributed by atoms with E-state index in [9.17, 15) is 17.6 Å². The normalized spacial score (nSPS) is 11.3. The maximum Gasteiger partial charge on any atom is 0.280 e. The summed E-state index contributed by atoms with van der Waals surface area (Å²) in [7, 11) is 0. The van der Waals surface area contributed by atoms with Crippen LogP contribution >= 0.6 is 0 Å². The zero-order chi connectivity index (χ0) is 14.0. The summed E-state index contributed by atoms with van der Waals surface area (Å²) >= 11 is 0. The first-order valence-electron chi connectivity index (χ1n) is 5.84. The minimum Gasteiger partial charge on any atom is -0.384 e. The molecule has 0 bridgehead atoms. The highest BCUT2D eigenvalue weighted by atomic mass is 19.3. The number of pyridine rings is 1. The lowest BCUT2D eigenvalue weighted by Crippen LogP contribution is -2.04. The second-order valence-corrected chi connectivity index (χ2v) is 4.11. The van der Waals surface area contributed by atoms with Gasteiger partial charge in [-0.1, -0.05) is 6.92 Å². The van der Waals surface area contributed by atoms with Crippen molar-refractivity contribution in [1.82, 2.24) is 4.98 Å². The van der Waals surface area contributed by atoms with Gasteiger partial charge in [-0.15, -0.1) is 0 Å². The summed E-state index contributed by atoms with van der Waals surface area (Å²) in [5, 5.41) is 3.04. The van der Waals surface area contributed by atoms with Gasteiger partial charge in [0.05, 0.1) is 0 Å². The van der Waals surface area contributed by atoms with E-state index in [-0.39, 0.29) is 16.6 Å². The van der Waals surface area contributed by atoms with Crippen molar-refractivity contribution in [3.63, 3.8) is 0 Å². The number of hydrogen-bond donors (Lipinski definition) is 1. The summed E-state index contributed by atoms with van der Waals surface area (Å²) in [6, 6.07) is 2.84. The molecular weight excluding hydrogens is 260 g/mol. The standard InChI is InChI=1S/C13H12F4N2/c1-2-3-18-10-6-11(13(16)17)19-12-8(10)4-7(14)5-9(12)15/h4-6,13H,2-3H2,1H3,(H,18,19). The molecule has 1 N–H and O–H groups in total. The number of alkyl halides is 2. The van der Waals surface area contributed by atoms with Crippen LogP contribution in [0.5, 0.6) is 0 Å². The molecule has 1 aromatic heterocycles. The third kappa shape index (κ3) is 2.77. The van der Waals surface area contributed by atoms with Gasteiger partial charge in [0.15, 0.2) is 5.82 Å². The van der Waals surface area contributed by atoms with Crippen molar-refractivity contribution in [2.45, 2.75) is 19.8 Å². The Balaban J connectivity index is 2.67. The van der Waals surface area contributed by atoms with Gasteiger partial charge in [0.25, 0.3) is 6.43 Å². The Morgan fingerprint density at radius 3 is 2.58 bits per heavy atom. The van der Waals surface area contributed by atoms with Crippen molar-refractivity contribution in [1.29, 1.82) is 0 Å². The van der Waals surface area contributed by atoms with Crippen LogP contribution < -0.4 is 5.32 Å². The van der Waals surface area contributed by atoms with E-state index in [2.05, 4.69) is 10.3 Å². The minimum atomic E-state index is -2.81. The van der Waals surface area contributed by atoms with E-state index >= 15 is 0 Å². The Hall–Kier alpha value is -1.85. The van der Waals surface area contributed by atoms with Gasteiger partial charge in [-0.05, 0) is 18.6 Å². The summed E-state index contributed by atoms with van der Waals surface area (Å²) in [4.78, 5) is 3.55. The van der Waals surface area contributed by atoms with Crippen molar-refractivity contribution in [3.8, 4) is 0 Å². The first-order valence-corrected chi connectivity index (χ1v) is 5.84. The van der Waals surface area contributed by atoms with E-state index in [0.29, 0.717) is 12.6 Å². The predicted molar refractivity (Wildman–Crippen MR) is 65.4 cm³/mol. The van der Waals surface area contributed by atoms with E-state index in [4.69, 9.17) is 0 Å². The molecule has 0 unspecified atom stereocenters. The predicted octanol–water partition coefficient (Wildman–Crippen LogP) is 4.27. The fourth-order valence-electron chi connectivity index (χ4n) is 1.79. The summed E-state index contributed by atoms with van der Waals surface area (Å²) in [5.74, 6) is -1.71. The number of nitrogens with zero attached hydrogens (tertiary/aromatic N) is 1. The molecule has 0 amide bonds. The largest absolute Gasteiger partial charge is 0.384 e. The van der Waals surface area contributed by atoms with E-state index in [0.717, 1.165) is 18.6 Å². The molecular formula is C13H12F4N2. The average Bonchev–Trinajstić information content (AvgIpc) is 2.35. The molecule has 0 aliphatic carbocycles. The number of benzene rings is 1. The van der Waals surface area contributed by atoms with Gasteiger partial charge in [0.2, 0.25) is 0 Å². The van der Waals surface area contributed by atoms with Crippen LogP contribution in [0.4, 0.5) is 23.2 Å². The monoisotopic (exact) mass is 272 g/mol. The van der Waals surface area contributed by atoms with E-state index in [1.165, 1.54) is 0 Å². The van der Waals surface area contributed by atoms with E-state index < -0.39 is 23.8 Å². The van der Waals surface area contributed by atoms with Crippen molar-refractivity contribution >= 4 is 16.6 Å². The van der Waals surface area contributed by atoms with Gasteiger partial charge in [-0.3, -0.25) is 0 Å². The maximum atomic E-state index is 13.6. The van der Waals surface area contributed by atoms with Gasteiger partial charge in [0, 0.05) is 23.7 Å². The molecule has 0 atom stereocenters. The van der Waals surface area contributed by atoms with E-state index in [1.807, 2.05) is 6.92 Å². The number of anilines is 1. The molecule has 0 aliphatic rings. The molecule has 0 fully saturated rings. The van der Waals surface area contributed by atoms with Gasteiger partial charge in [-0.25, -0.2) is 22.5 Å². The van der Waals surface area contributed by atoms with Gasteiger partial charge >= 0.3 is 0 Å². The Morgan fingerprint density at radius 2 is 1.95 bits per heavy atom. The highest BCUT2D eigenvalue weighted by Crippen LogP contribution is 2.29. The Kier molecular flexibility index (Phi) is 3.87. The van der Waals surface area contributed by atoms with Crippen LogP contribution in [-0.4, -0.2) is 11.5 Å². The van der Waals surface area contributed by atoms with Crippen molar-refractivity contribution in [2.75, 3.05) is 11.9 Å². The third-order valence-electron chi connectivity index (χ3n) is 2.64. The Morgan fingerprint density at radius 1 is 1.21 bits per heavy atom. The zero-order valence-corrected chi connectivity index (χ0v) is 10.2. The molecule has 2 nitrogen and oxygen atoms in total. The average molecular weight is 272 g/mol. The summed E-state index contributed by atoms with van der Waals surface area (Å²) in [5.41, 5.74) is -0.519. The molecule has 1 aromatic carbocycles. The second-order valence-electron chi connectivity index (χ2n) is 4.11. The molecule has 0 aliphatic heterocycles. The van der Waals surface area contributed by atoms with Crippen LogP contribution in [0, 0.1) is 11.6 Å². The highest BCUT2D eigenvalue weighted by Gasteiger charge is 2.16. The third-order valence-corrected chi connectivity index (χ3v) is 2.64. The lowest BCUT2D eigenvalue weighted by molar-refractivity contribution is 0.146. The first kappa shape index (κ1) is 13.6. The zero-order valence-electron chi connectivity index (χ0n) is 10.2. The quantitative estimate of drug-likeness (QED) is 0.840. The number of nitrogens with one attached hydrogen (secondary N) is 1. The molecule has 6 heteroatoms. The van der Waals surface area contributed by atoms with Crippen LogP contribution in [-0.2, 0) is 0 Å². The molecule has 2 aromatic rings. The smallest absolute Gasteiger partial charge is 0.280 e. The molecule has 0 saturated heterocycles. The number of fused-ring (bicyclic) bond motifs is 1. The molecule has 2 rings (SSSR count). The van der Waals surface area contributed by atoms with Crippen LogP contribution in [0.3, 0.4) is 0 Å². The number of halogens is 4. The topological polar surface area (TPSA) is 24.9 Å². The van der Waals surface area contributed by atoms with Crippen molar-refractivity contribution in [2.24, 2.45) is 0 Å². The fourth-order valence-corrected chi connectivity index (χ4v) is 1.79. The van der Waals surface area contributed by atoms with Crippen molar-refractivity contribution < 1.29 is 17.6 Å². The first-order chi connectivity index (χ1) is 9.02. The molecule has 0 saturated carbocycles. The molecule has 0 spiro atoms. The molecule has 19 heavy (non-hydrogen) atoms. The highest BCUT2D eigenvalue weighted by molar-refractivity contribution is 5.92. The van der Waals surface area contributed by atoms with Crippen LogP contribution in [0.1, 0.15) is 25.5 Å². The molecule has 0 radical (unpaired) electrons. The summed E-state index contributed by atoms with van der Waals surface area (Å²) in [6.45, 7) is 2.41. The van der Waals surface area contributed by atoms with Gasteiger partial charge in [0.1, 0.15) is 17.0 Å². The second kappa shape index (κ2) is 5.42. The van der Waals surface area contributed by atoms with Gasteiger partial charge in [-0.2, -0.15) is 0 Å².